The van der Waals surface area contributed by atoms with Crippen LogP contribution in [0.1, 0.15) is 60.5 Å². The summed E-state index contributed by atoms with van der Waals surface area (Å²) in [5.41, 5.74) is -0.210. The Hall–Kier alpha value is -1.76. The summed E-state index contributed by atoms with van der Waals surface area (Å²) in [6.45, 7) is 3.86. The van der Waals surface area contributed by atoms with Crippen molar-refractivity contribution < 1.29 is 22.7 Å². The van der Waals surface area contributed by atoms with Crippen molar-refractivity contribution in [2.45, 2.75) is 63.7 Å². The van der Waals surface area contributed by atoms with Crippen molar-refractivity contribution in [3.63, 3.8) is 0 Å². The van der Waals surface area contributed by atoms with E-state index in [0.717, 1.165) is 44.5 Å². The largest absolute Gasteiger partial charge is 0.496 e. The lowest BCUT2D eigenvalue weighted by molar-refractivity contribution is -0.137. The van der Waals surface area contributed by atoms with E-state index in [2.05, 4.69) is 10.2 Å². The highest BCUT2D eigenvalue weighted by Crippen LogP contribution is 2.36. The first-order valence-electron chi connectivity index (χ1n) is 9.68. The Bertz CT molecular complexity index is 659. The molecule has 0 spiro atoms. The number of hydrogen-bond donors (Lipinski definition) is 1. The van der Waals surface area contributed by atoms with Gasteiger partial charge in [-0.25, -0.2) is 0 Å². The fourth-order valence-corrected chi connectivity index (χ4v) is 4.39. The molecule has 3 rings (SSSR count). The Labute approximate surface area is 158 Å². The van der Waals surface area contributed by atoms with Crippen molar-refractivity contribution in [3.05, 3.63) is 28.8 Å². The zero-order valence-electron chi connectivity index (χ0n) is 15.9. The molecule has 1 aromatic carbocycles. The molecule has 2 aliphatic rings. The Morgan fingerprint density at radius 2 is 1.93 bits per heavy atom. The molecule has 1 heterocycles. The number of ether oxygens (including phenoxy) is 1. The average molecular weight is 384 g/mol. The molecule has 2 atom stereocenters. The second kappa shape index (κ2) is 8.09. The van der Waals surface area contributed by atoms with Crippen molar-refractivity contribution in [1.29, 1.82) is 0 Å². The van der Waals surface area contributed by atoms with E-state index >= 15 is 0 Å². The Morgan fingerprint density at radius 3 is 2.52 bits per heavy atom. The lowest BCUT2D eigenvalue weighted by atomic mass is 9.98. The van der Waals surface area contributed by atoms with Crippen molar-refractivity contribution in [2.24, 2.45) is 0 Å². The van der Waals surface area contributed by atoms with Crippen LogP contribution in [-0.2, 0) is 12.6 Å². The van der Waals surface area contributed by atoms with E-state index in [4.69, 9.17) is 4.74 Å². The van der Waals surface area contributed by atoms with Gasteiger partial charge in [-0.3, -0.25) is 9.69 Å². The maximum atomic E-state index is 13.1. The van der Waals surface area contributed by atoms with E-state index in [1.807, 2.05) is 0 Å². The molecule has 1 aliphatic heterocycles. The van der Waals surface area contributed by atoms with Gasteiger partial charge in [-0.05, 0) is 69.3 Å². The number of methoxy groups -OCH3 is 1. The van der Waals surface area contributed by atoms with Gasteiger partial charge < -0.3 is 10.1 Å². The van der Waals surface area contributed by atoms with Crippen molar-refractivity contribution in [3.8, 4) is 5.75 Å². The van der Waals surface area contributed by atoms with Crippen LogP contribution in [0.2, 0.25) is 0 Å². The molecule has 1 aromatic rings. The molecule has 27 heavy (non-hydrogen) atoms. The number of hydrogen-bond acceptors (Lipinski definition) is 3. The minimum absolute atomic E-state index is 0.0186. The number of alkyl halides is 3. The maximum absolute atomic E-state index is 13.1. The molecule has 4 nitrogen and oxygen atoms in total. The lowest BCUT2D eigenvalue weighted by Gasteiger charge is -2.30. The fourth-order valence-electron chi connectivity index (χ4n) is 4.39. The Balaban J connectivity index is 1.85. The van der Waals surface area contributed by atoms with E-state index in [-0.39, 0.29) is 23.3 Å². The first-order valence-corrected chi connectivity index (χ1v) is 9.68. The van der Waals surface area contributed by atoms with Gasteiger partial charge in [0.1, 0.15) is 5.75 Å². The molecule has 0 bridgehead atoms. The normalized spacial score (nSPS) is 23.6. The van der Waals surface area contributed by atoms with Crippen LogP contribution < -0.4 is 10.1 Å². The van der Waals surface area contributed by atoms with Gasteiger partial charge >= 0.3 is 6.18 Å². The smallest absolute Gasteiger partial charge is 0.416 e. The maximum Gasteiger partial charge on any atom is 0.416 e. The number of aryl methyl sites for hydroxylation is 1. The molecule has 1 N–H and O–H groups in total. The summed E-state index contributed by atoms with van der Waals surface area (Å²) in [5.74, 6) is -0.358. The van der Waals surface area contributed by atoms with E-state index < -0.39 is 11.7 Å². The number of rotatable bonds is 5. The predicted octanol–water partition coefficient (Wildman–Crippen LogP) is 4.02. The van der Waals surface area contributed by atoms with Crippen LogP contribution in [0.25, 0.3) is 0 Å². The van der Waals surface area contributed by atoms with Gasteiger partial charge in [0.25, 0.3) is 5.91 Å². The summed E-state index contributed by atoms with van der Waals surface area (Å²) in [5, 5.41) is 3.09. The van der Waals surface area contributed by atoms with Gasteiger partial charge in [0.15, 0.2) is 0 Å². The van der Waals surface area contributed by atoms with Crippen LogP contribution in [0.4, 0.5) is 13.2 Å². The third-order valence-electron chi connectivity index (χ3n) is 5.74. The first-order chi connectivity index (χ1) is 12.8. The second-order valence-electron chi connectivity index (χ2n) is 7.39. The molecular weight excluding hydrogens is 357 g/mol. The number of nitrogens with zero attached hydrogens (tertiary/aromatic N) is 1. The molecule has 150 valence electrons. The van der Waals surface area contributed by atoms with Gasteiger partial charge in [0.05, 0.1) is 18.2 Å². The van der Waals surface area contributed by atoms with E-state index in [9.17, 15) is 18.0 Å². The van der Waals surface area contributed by atoms with Crippen LogP contribution in [0, 0.1) is 0 Å². The molecule has 1 aliphatic carbocycles. The molecular formula is C20H27F3N2O2. The minimum atomic E-state index is -4.47. The summed E-state index contributed by atoms with van der Waals surface area (Å²) < 4.78 is 44.6. The SMILES string of the molecule is CCc1cc(C(F)(F)F)cc(OC)c1C(=O)N[C@H]1CCC[C@H]1N1CCCC1. The summed E-state index contributed by atoms with van der Waals surface area (Å²) in [4.78, 5) is 15.4. The molecule has 0 aromatic heterocycles. The number of halogens is 3. The minimum Gasteiger partial charge on any atom is -0.496 e. The predicted molar refractivity (Wildman–Crippen MR) is 97.1 cm³/mol. The highest BCUT2D eigenvalue weighted by molar-refractivity contribution is 5.99. The van der Waals surface area contributed by atoms with Gasteiger partial charge in [-0.15, -0.1) is 0 Å². The van der Waals surface area contributed by atoms with Gasteiger partial charge in [-0.2, -0.15) is 13.2 Å². The third kappa shape index (κ3) is 4.23. The average Bonchev–Trinajstić information content (AvgIpc) is 3.30. The Kier molecular flexibility index (Phi) is 5.99. The molecule has 0 radical (unpaired) electrons. The number of nitrogens with one attached hydrogen (secondary N) is 1. The zero-order valence-corrected chi connectivity index (χ0v) is 15.9. The lowest BCUT2D eigenvalue weighted by Crippen LogP contribution is -2.48. The number of carbonyl (C=O) groups is 1. The topological polar surface area (TPSA) is 41.6 Å². The van der Waals surface area contributed by atoms with Crippen LogP contribution in [0.5, 0.6) is 5.75 Å². The summed E-state index contributed by atoms with van der Waals surface area (Å²) in [7, 11) is 1.30. The van der Waals surface area contributed by atoms with E-state index in [1.165, 1.54) is 20.0 Å². The fraction of sp³-hybridized carbons (Fsp3) is 0.650. The van der Waals surface area contributed by atoms with Crippen LogP contribution in [0.15, 0.2) is 12.1 Å². The van der Waals surface area contributed by atoms with Gasteiger partial charge in [-0.1, -0.05) is 6.92 Å². The van der Waals surface area contributed by atoms with Gasteiger partial charge in [0, 0.05) is 12.1 Å². The molecule has 1 saturated carbocycles. The van der Waals surface area contributed by atoms with Crippen molar-refractivity contribution in [1.82, 2.24) is 10.2 Å². The Morgan fingerprint density at radius 1 is 1.22 bits per heavy atom. The van der Waals surface area contributed by atoms with Crippen molar-refractivity contribution >= 4 is 5.91 Å². The van der Waals surface area contributed by atoms with Crippen molar-refractivity contribution in [2.75, 3.05) is 20.2 Å². The molecule has 7 heteroatoms. The number of likely N-dealkylation sites (tertiary alicyclic amines) is 1. The molecule has 2 fully saturated rings. The quantitative estimate of drug-likeness (QED) is 0.834. The summed E-state index contributed by atoms with van der Waals surface area (Å²) in [6, 6.07) is 2.33. The van der Waals surface area contributed by atoms with Crippen LogP contribution in [0.3, 0.4) is 0 Å². The highest BCUT2D eigenvalue weighted by Gasteiger charge is 2.36. The number of carbonyl (C=O) groups excluding carboxylic acids is 1. The standard InChI is InChI=1S/C20H27F3N2O2/c1-3-13-11-14(20(21,22)23)12-17(27-2)18(13)19(26)24-15-7-6-8-16(15)25-9-4-5-10-25/h11-12,15-16H,3-10H2,1-2H3,(H,24,26)/t15-,16+/m0/s1. The van der Waals surface area contributed by atoms with E-state index in [0.29, 0.717) is 18.0 Å². The van der Waals surface area contributed by atoms with Gasteiger partial charge in [0.2, 0.25) is 0 Å². The first kappa shape index (κ1) is 20.0. The molecule has 1 saturated heterocycles. The highest BCUT2D eigenvalue weighted by atomic mass is 19.4. The number of amides is 1. The summed E-state index contributed by atoms with van der Waals surface area (Å²) >= 11 is 0. The second-order valence-corrected chi connectivity index (χ2v) is 7.39. The monoisotopic (exact) mass is 384 g/mol. The van der Waals surface area contributed by atoms with E-state index in [1.54, 1.807) is 6.92 Å². The molecule has 1 amide bonds. The number of benzene rings is 1. The zero-order chi connectivity index (χ0) is 19.6. The van der Waals surface area contributed by atoms with Crippen LogP contribution >= 0.6 is 0 Å². The van der Waals surface area contributed by atoms with Crippen LogP contribution in [-0.4, -0.2) is 43.1 Å². The third-order valence-corrected chi connectivity index (χ3v) is 5.74. The summed E-state index contributed by atoms with van der Waals surface area (Å²) in [6.07, 6.45) is 1.22. The molecule has 0 unspecified atom stereocenters.